The summed E-state index contributed by atoms with van der Waals surface area (Å²) >= 11 is 0. The lowest BCUT2D eigenvalue weighted by Gasteiger charge is -2.13. The molecule has 0 aliphatic heterocycles. The van der Waals surface area contributed by atoms with Crippen LogP contribution >= 0.6 is 7.59 Å². The van der Waals surface area contributed by atoms with Crippen LogP contribution in [0.4, 0.5) is 0 Å². The van der Waals surface area contributed by atoms with Crippen molar-refractivity contribution >= 4 is 7.59 Å². The number of nitrogens with one attached hydrogen (secondary N) is 2. The highest BCUT2D eigenvalue weighted by molar-refractivity contribution is 7.56. The van der Waals surface area contributed by atoms with E-state index in [-0.39, 0.29) is 0 Å². The first-order valence-corrected chi connectivity index (χ1v) is 5.06. The lowest BCUT2D eigenvalue weighted by Crippen LogP contribution is -2.28. The van der Waals surface area contributed by atoms with Crippen LogP contribution in [-0.2, 0) is 14.2 Å². The molecule has 0 atom stereocenters. The van der Waals surface area contributed by atoms with Crippen molar-refractivity contribution in [2.45, 2.75) is 13.8 Å². The molecule has 0 heterocycles. The second kappa shape index (κ2) is 5.65. The summed E-state index contributed by atoms with van der Waals surface area (Å²) in [5.74, 6) is 0. The van der Waals surface area contributed by atoms with Crippen LogP contribution in [-0.4, -0.2) is 13.2 Å². The van der Waals surface area contributed by atoms with Gasteiger partial charge in [-0.15, -0.1) is 10.5 Å². The maximum Gasteiger partial charge on any atom is 0.321 e. The Hall–Kier alpha value is 0.0300. The van der Waals surface area contributed by atoms with Gasteiger partial charge in [-0.3, -0.25) is 19.7 Å². The summed E-state index contributed by atoms with van der Waals surface area (Å²) in [6, 6.07) is 0. The highest BCUT2D eigenvalue weighted by atomic mass is 31.2. The third kappa shape index (κ3) is 6.43. The van der Waals surface area contributed by atoms with Crippen LogP contribution in [0.1, 0.15) is 13.8 Å². The Morgan fingerprint density at radius 1 is 1.27 bits per heavy atom. The average Bonchev–Trinajstić information content (AvgIpc) is 1.97. The molecule has 0 saturated heterocycles. The normalized spacial score (nSPS) is 11.9. The van der Waals surface area contributed by atoms with Gasteiger partial charge in [0.1, 0.15) is 0 Å². The molecule has 4 N–H and O–H groups in total. The monoisotopic (exact) mass is 183 g/mol. The molecular formula is C4H14N3O3P. The molecular weight excluding hydrogens is 169 g/mol. The molecule has 11 heavy (non-hydrogen) atoms. The molecule has 0 radical (unpaired) electrons. The predicted octanol–water partition coefficient (Wildman–Crippen LogP) is 0.135. The maximum absolute atomic E-state index is 11.0. The van der Waals surface area contributed by atoms with E-state index in [4.69, 9.17) is 5.50 Å². The number of nitrogens with two attached hydrogens (primary N) is 1. The fourth-order valence-electron chi connectivity index (χ4n) is 0.340. The number of rotatable bonds is 6. The molecule has 7 heteroatoms. The zero-order valence-corrected chi connectivity index (χ0v) is 7.56. The fraction of sp³-hybridized carbons (Fsp3) is 1.00. The van der Waals surface area contributed by atoms with E-state index in [0.29, 0.717) is 13.2 Å². The van der Waals surface area contributed by atoms with Crippen LogP contribution < -0.4 is 16.0 Å². The van der Waals surface area contributed by atoms with Crippen molar-refractivity contribution in [3.63, 3.8) is 0 Å². The van der Waals surface area contributed by atoms with Gasteiger partial charge in [-0.25, -0.2) is 0 Å². The van der Waals surface area contributed by atoms with Gasteiger partial charge < -0.3 is 0 Å². The Kier molecular flexibility index (Phi) is 5.67. The van der Waals surface area contributed by atoms with Gasteiger partial charge in [0.15, 0.2) is 0 Å². The Labute approximate surface area is 65.9 Å². The molecule has 68 valence electrons. The highest BCUT2D eigenvalue weighted by Gasteiger charge is 2.13. The van der Waals surface area contributed by atoms with Crippen molar-refractivity contribution < 1.29 is 14.2 Å². The first-order chi connectivity index (χ1) is 5.12. The van der Waals surface area contributed by atoms with Gasteiger partial charge in [-0.1, -0.05) is 0 Å². The van der Waals surface area contributed by atoms with Crippen LogP contribution in [0.2, 0.25) is 0 Å². The third-order valence-corrected chi connectivity index (χ3v) is 1.49. The van der Waals surface area contributed by atoms with Gasteiger partial charge in [-0.05, 0) is 13.8 Å². The molecule has 0 unspecified atom stereocenters. The van der Waals surface area contributed by atoms with E-state index >= 15 is 0 Å². The van der Waals surface area contributed by atoms with Crippen molar-refractivity contribution in [1.82, 2.24) is 10.5 Å². The lowest BCUT2D eigenvalue weighted by molar-refractivity contribution is 0.0716. The SMILES string of the molecule is CCONP(N)(=O)NOCC. The van der Waals surface area contributed by atoms with Crippen LogP contribution in [0.25, 0.3) is 0 Å². The zero-order chi connectivity index (χ0) is 8.74. The molecule has 0 amide bonds. The smallest absolute Gasteiger partial charge is 0.293 e. The fourth-order valence-corrected chi connectivity index (χ4v) is 1.02. The van der Waals surface area contributed by atoms with Crippen molar-refractivity contribution in [2.75, 3.05) is 13.2 Å². The van der Waals surface area contributed by atoms with Gasteiger partial charge >= 0.3 is 7.59 Å². The van der Waals surface area contributed by atoms with Crippen molar-refractivity contribution in [2.24, 2.45) is 5.50 Å². The first kappa shape index (κ1) is 11.0. The maximum atomic E-state index is 11.0. The van der Waals surface area contributed by atoms with Crippen LogP contribution in [0.5, 0.6) is 0 Å². The Morgan fingerprint density at radius 3 is 1.91 bits per heavy atom. The van der Waals surface area contributed by atoms with Crippen molar-refractivity contribution in [3.05, 3.63) is 0 Å². The van der Waals surface area contributed by atoms with E-state index in [9.17, 15) is 4.57 Å². The molecule has 0 aliphatic rings. The summed E-state index contributed by atoms with van der Waals surface area (Å²) in [4.78, 5) is 9.23. The van der Waals surface area contributed by atoms with E-state index in [1.165, 1.54) is 0 Å². The van der Waals surface area contributed by atoms with E-state index in [1.54, 1.807) is 13.8 Å². The highest BCUT2D eigenvalue weighted by Crippen LogP contribution is 2.23. The summed E-state index contributed by atoms with van der Waals surface area (Å²) < 4.78 is 11.0. The van der Waals surface area contributed by atoms with E-state index in [1.807, 2.05) is 0 Å². The van der Waals surface area contributed by atoms with Gasteiger partial charge in [0, 0.05) is 0 Å². The number of hydrogen-bond acceptors (Lipinski definition) is 3. The quantitative estimate of drug-likeness (QED) is 0.401. The molecule has 0 aromatic heterocycles. The van der Waals surface area contributed by atoms with Crippen molar-refractivity contribution in [1.29, 1.82) is 0 Å². The van der Waals surface area contributed by atoms with E-state index in [0.717, 1.165) is 0 Å². The standard InChI is InChI=1S/C4H14N3O3P/c1-3-9-6-11(5,8)7-10-4-2/h3-4H2,1-2H3,(H4,5,6,7,8). The van der Waals surface area contributed by atoms with Gasteiger partial charge in [0.25, 0.3) is 0 Å². The molecule has 0 aliphatic carbocycles. The molecule has 0 bridgehead atoms. The second-order valence-corrected chi connectivity index (χ2v) is 3.39. The van der Waals surface area contributed by atoms with Crippen LogP contribution in [0, 0.1) is 0 Å². The van der Waals surface area contributed by atoms with Crippen LogP contribution in [0.15, 0.2) is 0 Å². The zero-order valence-electron chi connectivity index (χ0n) is 6.66. The van der Waals surface area contributed by atoms with E-state index in [2.05, 4.69) is 20.2 Å². The predicted molar refractivity (Wildman–Crippen MR) is 41.3 cm³/mol. The first-order valence-electron chi connectivity index (χ1n) is 3.29. The Balaban J connectivity index is 3.53. The number of hydrogen-bond donors (Lipinski definition) is 3. The minimum absolute atomic E-state index is 0.384. The molecule has 0 aromatic rings. The lowest BCUT2D eigenvalue weighted by atomic mass is 10.9. The topological polar surface area (TPSA) is 85.6 Å². The van der Waals surface area contributed by atoms with E-state index < -0.39 is 7.59 Å². The minimum Gasteiger partial charge on any atom is -0.293 e. The molecule has 0 fully saturated rings. The Bertz CT molecular complexity index is 131. The minimum atomic E-state index is -3.17. The summed E-state index contributed by atoms with van der Waals surface area (Å²) in [6.45, 7) is 4.26. The second-order valence-electron chi connectivity index (χ2n) is 1.71. The average molecular weight is 183 g/mol. The third-order valence-electron chi connectivity index (χ3n) is 0.689. The Morgan fingerprint density at radius 2 is 1.64 bits per heavy atom. The molecule has 0 aromatic carbocycles. The summed E-state index contributed by atoms with van der Waals surface area (Å²) in [6.07, 6.45) is 0. The molecule has 0 saturated carbocycles. The van der Waals surface area contributed by atoms with Crippen LogP contribution in [0.3, 0.4) is 0 Å². The molecule has 0 rings (SSSR count). The summed E-state index contributed by atoms with van der Waals surface area (Å²) in [5, 5.41) is 4.28. The van der Waals surface area contributed by atoms with Crippen molar-refractivity contribution in [3.8, 4) is 0 Å². The largest absolute Gasteiger partial charge is 0.321 e. The van der Waals surface area contributed by atoms with Gasteiger partial charge in [-0.2, -0.15) is 0 Å². The summed E-state index contributed by atoms with van der Waals surface area (Å²) in [7, 11) is -3.17. The van der Waals surface area contributed by atoms with Gasteiger partial charge in [0.05, 0.1) is 13.2 Å². The molecule has 6 nitrogen and oxygen atoms in total. The van der Waals surface area contributed by atoms with Gasteiger partial charge in [0.2, 0.25) is 0 Å². The summed E-state index contributed by atoms with van der Waals surface area (Å²) in [5.41, 5.74) is 5.17. The molecule has 0 spiro atoms.